The molecule has 152 valence electrons. The predicted molar refractivity (Wildman–Crippen MR) is 109 cm³/mol. The molecule has 2 amide bonds. The normalized spacial score (nSPS) is 18.9. The van der Waals surface area contributed by atoms with Crippen LogP contribution < -0.4 is 16.0 Å². The van der Waals surface area contributed by atoms with Crippen LogP contribution in [-0.4, -0.2) is 30.4 Å². The second-order valence-electron chi connectivity index (χ2n) is 7.47. The molecule has 1 aliphatic rings. The standard InChI is InChI=1S/C22H26N4O3/c1-15-11-20(29-14-15)22(28)26-19-4-2-3-18(9-10-19)25-21(27)13-24-17-7-5-16(12-23)6-8-17/h5-8,11,14,18-19,24H,2-4,9-10,13H2,1H3,(H,25,27)(H,26,28). The third kappa shape index (κ3) is 6.11. The van der Waals surface area contributed by atoms with Crippen LogP contribution >= 0.6 is 0 Å². The molecule has 1 saturated carbocycles. The molecule has 0 radical (unpaired) electrons. The third-order valence-corrected chi connectivity index (χ3v) is 5.09. The Hall–Kier alpha value is -3.27. The smallest absolute Gasteiger partial charge is 0.287 e. The average Bonchev–Trinajstić information content (AvgIpc) is 3.05. The van der Waals surface area contributed by atoms with Gasteiger partial charge in [0, 0.05) is 17.8 Å². The zero-order valence-electron chi connectivity index (χ0n) is 16.5. The second kappa shape index (κ2) is 9.78. The quantitative estimate of drug-likeness (QED) is 0.653. The van der Waals surface area contributed by atoms with E-state index in [1.807, 2.05) is 6.92 Å². The number of amides is 2. The van der Waals surface area contributed by atoms with Crippen molar-refractivity contribution in [3.8, 4) is 6.07 Å². The molecule has 1 heterocycles. The number of nitrogens with one attached hydrogen (secondary N) is 3. The first kappa shape index (κ1) is 20.5. The molecule has 2 atom stereocenters. The molecule has 2 aromatic rings. The molecule has 1 aromatic heterocycles. The zero-order valence-corrected chi connectivity index (χ0v) is 16.5. The first-order valence-electron chi connectivity index (χ1n) is 9.93. The van der Waals surface area contributed by atoms with Gasteiger partial charge >= 0.3 is 0 Å². The largest absolute Gasteiger partial charge is 0.459 e. The Morgan fingerprint density at radius 2 is 1.79 bits per heavy atom. The fourth-order valence-electron chi connectivity index (χ4n) is 3.52. The number of furan rings is 1. The Morgan fingerprint density at radius 1 is 1.10 bits per heavy atom. The summed E-state index contributed by atoms with van der Waals surface area (Å²) in [6.07, 6.45) is 5.94. The monoisotopic (exact) mass is 394 g/mol. The van der Waals surface area contributed by atoms with Crippen LogP contribution in [0, 0.1) is 18.3 Å². The lowest BCUT2D eigenvalue weighted by Crippen LogP contribution is -2.38. The van der Waals surface area contributed by atoms with Crippen LogP contribution in [0.15, 0.2) is 41.0 Å². The molecule has 0 saturated heterocycles. The molecule has 3 N–H and O–H groups in total. The number of hydrogen-bond acceptors (Lipinski definition) is 5. The lowest BCUT2D eigenvalue weighted by atomic mass is 10.1. The van der Waals surface area contributed by atoms with Crippen molar-refractivity contribution in [1.29, 1.82) is 5.26 Å². The van der Waals surface area contributed by atoms with Crippen molar-refractivity contribution in [2.45, 2.75) is 51.1 Å². The molecule has 7 heteroatoms. The van der Waals surface area contributed by atoms with Gasteiger partial charge in [0.2, 0.25) is 5.91 Å². The third-order valence-electron chi connectivity index (χ3n) is 5.09. The van der Waals surface area contributed by atoms with E-state index in [0.29, 0.717) is 11.3 Å². The summed E-state index contributed by atoms with van der Waals surface area (Å²) in [6, 6.07) is 11.0. The number of benzene rings is 1. The summed E-state index contributed by atoms with van der Waals surface area (Å²) in [5.41, 5.74) is 2.31. The maximum absolute atomic E-state index is 12.3. The molecule has 7 nitrogen and oxygen atoms in total. The molecule has 1 aromatic carbocycles. The van der Waals surface area contributed by atoms with Crippen LogP contribution in [0.3, 0.4) is 0 Å². The van der Waals surface area contributed by atoms with Crippen molar-refractivity contribution < 1.29 is 14.0 Å². The zero-order chi connectivity index (χ0) is 20.6. The Kier molecular flexibility index (Phi) is 6.90. The Morgan fingerprint density at radius 3 is 2.41 bits per heavy atom. The predicted octanol–water partition coefficient (Wildman–Crippen LogP) is 3.12. The van der Waals surface area contributed by atoms with Gasteiger partial charge in [-0.2, -0.15) is 5.26 Å². The van der Waals surface area contributed by atoms with Gasteiger partial charge in [0.05, 0.1) is 24.4 Å². The van der Waals surface area contributed by atoms with Gasteiger partial charge in [-0.05, 0) is 74.9 Å². The summed E-state index contributed by atoms with van der Waals surface area (Å²) in [4.78, 5) is 24.5. The molecule has 29 heavy (non-hydrogen) atoms. The lowest BCUT2D eigenvalue weighted by Gasteiger charge is -2.18. The molecule has 1 aliphatic carbocycles. The number of aryl methyl sites for hydroxylation is 1. The number of hydrogen-bond donors (Lipinski definition) is 3. The average molecular weight is 394 g/mol. The van der Waals surface area contributed by atoms with Crippen molar-refractivity contribution in [3.05, 3.63) is 53.5 Å². The Balaban J connectivity index is 1.41. The summed E-state index contributed by atoms with van der Waals surface area (Å²) >= 11 is 0. The topological polar surface area (TPSA) is 107 Å². The number of nitrogens with zero attached hydrogens (tertiary/aromatic N) is 1. The van der Waals surface area contributed by atoms with Gasteiger partial charge in [0.25, 0.3) is 5.91 Å². The molecule has 1 fully saturated rings. The molecule has 2 unspecified atom stereocenters. The number of anilines is 1. The van der Waals surface area contributed by atoms with Gasteiger partial charge in [0.1, 0.15) is 0 Å². The van der Waals surface area contributed by atoms with E-state index in [0.717, 1.165) is 43.4 Å². The van der Waals surface area contributed by atoms with E-state index in [4.69, 9.17) is 9.68 Å². The fourth-order valence-corrected chi connectivity index (χ4v) is 3.52. The van der Waals surface area contributed by atoms with Crippen LogP contribution in [0.2, 0.25) is 0 Å². The number of nitriles is 1. The van der Waals surface area contributed by atoms with Gasteiger partial charge in [-0.3, -0.25) is 9.59 Å². The summed E-state index contributed by atoms with van der Waals surface area (Å²) in [5.74, 6) is 0.0931. The van der Waals surface area contributed by atoms with E-state index in [2.05, 4.69) is 22.0 Å². The number of rotatable bonds is 6. The SMILES string of the molecule is Cc1coc(C(=O)NC2CCCC(NC(=O)CNc3ccc(C#N)cc3)CC2)c1. The molecular weight excluding hydrogens is 368 g/mol. The van der Waals surface area contributed by atoms with E-state index >= 15 is 0 Å². The van der Waals surface area contributed by atoms with Crippen molar-refractivity contribution in [2.24, 2.45) is 0 Å². The van der Waals surface area contributed by atoms with E-state index in [1.165, 1.54) is 0 Å². The van der Waals surface area contributed by atoms with Crippen LogP contribution in [0.4, 0.5) is 5.69 Å². The molecular formula is C22H26N4O3. The van der Waals surface area contributed by atoms with E-state index in [9.17, 15) is 9.59 Å². The van der Waals surface area contributed by atoms with Gasteiger partial charge in [-0.25, -0.2) is 0 Å². The minimum Gasteiger partial charge on any atom is -0.459 e. The first-order chi connectivity index (χ1) is 14.0. The Bertz CT molecular complexity index is 882. The maximum Gasteiger partial charge on any atom is 0.287 e. The van der Waals surface area contributed by atoms with Crippen molar-refractivity contribution in [3.63, 3.8) is 0 Å². The number of carbonyl (C=O) groups excluding carboxylic acids is 2. The summed E-state index contributed by atoms with van der Waals surface area (Å²) in [7, 11) is 0. The van der Waals surface area contributed by atoms with Crippen molar-refractivity contribution in [1.82, 2.24) is 10.6 Å². The van der Waals surface area contributed by atoms with Gasteiger partial charge in [-0.1, -0.05) is 0 Å². The summed E-state index contributed by atoms with van der Waals surface area (Å²) in [5, 5.41) is 18.0. The van der Waals surface area contributed by atoms with E-state index in [1.54, 1.807) is 36.6 Å². The first-order valence-corrected chi connectivity index (χ1v) is 9.93. The molecule has 0 bridgehead atoms. The Labute approximate surface area is 170 Å². The maximum atomic E-state index is 12.3. The summed E-state index contributed by atoms with van der Waals surface area (Å²) < 4.78 is 5.26. The van der Waals surface area contributed by atoms with Gasteiger partial charge in [0.15, 0.2) is 5.76 Å². The van der Waals surface area contributed by atoms with Crippen molar-refractivity contribution in [2.75, 3.05) is 11.9 Å². The fraction of sp³-hybridized carbons (Fsp3) is 0.409. The second-order valence-corrected chi connectivity index (χ2v) is 7.47. The summed E-state index contributed by atoms with van der Waals surface area (Å²) in [6.45, 7) is 2.07. The highest BCUT2D eigenvalue weighted by molar-refractivity contribution is 5.91. The highest BCUT2D eigenvalue weighted by Crippen LogP contribution is 2.19. The van der Waals surface area contributed by atoms with Crippen molar-refractivity contribution >= 4 is 17.5 Å². The highest BCUT2D eigenvalue weighted by atomic mass is 16.3. The molecule has 0 aliphatic heterocycles. The minimum absolute atomic E-state index is 0.0621. The minimum atomic E-state index is -0.183. The van der Waals surface area contributed by atoms with Crippen LogP contribution in [0.1, 0.15) is 53.8 Å². The van der Waals surface area contributed by atoms with Crippen LogP contribution in [-0.2, 0) is 4.79 Å². The van der Waals surface area contributed by atoms with Gasteiger partial charge in [-0.15, -0.1) is 0 Å². The van der Waals surface area contributed by atoms with Gasteiger partial charge < -0.3 is 20.4 Å². The highest BCUT2D eigenvalue weighted by Gasteiger charge is 2.22. The van der Waals surface area contributed by atoms with Crippen LogP contribution in [0.25, 0.3) is 0 Å². The van der Waals surface area contributed by atoms with E-state index < -0.39 is 0 Å². The van der Waals surface area contributed by atoms with E-state index in [-0.39, 0.29) is 30.4 Å². The number of carbonyl (C=O) groups is 2. The molecule has 3 rings (SSSR count). The molecule has 0 spiro atoms. The lowest BCUT2D eigenvalue weighted by molar-refractivity contribution is -0.120. The van der Waals surface area contributed by atoms with Crippen LogP contribution in [0.5, 0.6) is 0 Å².